The molecular formula is C4H7Cl2In. The van der Waals surface area contributed by atoms with Gasteiger partial charge in [-0.05, 0) is 0 Å². The summed E-state index contributed by atoms with van der Waals surface area (Å²) in [6.45, 7) is 5.63. The predicted molar refractivity (Wildman–Crippen MR) is 37.1 cm³/mol. The van der Waals surface area contributed by atoms with Gasteiger partial charge in [-0.1, -0.05) is 0 Å². The predicted octanol–water partition coefficient (Wildman–Crippen LogP) is 2.53. The van der Waals surface area contributed by atoms with E-state index in [1.54, 1.807) is 0 Å². The second kappa shape index (κ2) is 4.11. The van der Waals surface area contributed by atoms with Crippen molar-refractivity contribution in [3.63, 3.8) is 0 Å². The van der Waals surface area contributed by atoms with Crippen LogP contribution in [0.2, 0.25) is 4.18 Å². The summed E-state index contributed by atoms with van der Waals surface area (Å²) in [6.07, 6.45) is 0. The van der Waals surface area contributed by atoms with E-state index in [1.807, 2.05) is 6.92 Å². The van der Waals surface area contributed by atoms with Crippen molar-refractivity contribution in [3.05, 3.63) is 12.2 Å². The van der Waals surface area contributed by atoms with Gasteiger partial charge in [-0.2, -0.15) is 0 Å². The quantitative estimate of drug-likeness (QED) is 0.651. The van der Waals surface area contributed by atoms with Crippen LogP contribution < -0.4 is 0 Å². The number of rotatable bonds is 2. The van der Waals surface area contributed by atoms with Crippen molar-refractivity contribution in [3.8, 4) is 0 Å². The molecule has 7 heavy (non-hydrogen) atoms. The standard InChI is InChI=1S/C4H7.2ClH.In/c1-4(2)3;;;/h1-2H2,3H3;2*1H;/q;;;+2/p-2. The Morgan fingerprint density at radius 2 is 2.14 bits per heavy atom. The summed E-state index contributed by atoms with van der Waals surface area (Å²) in [5.41, 5.74) is 1.12. The van der Waals surface area contributed by atoms with Crippen molar-refractivity contribution in [1.29, 1.82) is 0 Å². The van der Waals surface area contributed by atoms with Crippen LogP contribution >= 0.6 is 17.2 Å². The van der Waals surface area contributed by atoms with Crippen molar-refractivity contribution in [2.24, 2.45) is 0 Å². The molecule has 40 valence electrons. The summed E-state index contributed by atoms with van der Waals surface area (Å²) in [5, 5.41) is 0. The zero-order valence-corrected chi connectivity index (χ0v) is 9.05. The molecule has 0 atom stereocenters. The van der Waals surface area contributed by atoms with Gasteiger partial charge in [-0.25, -0.2) is 0 Å². The van der Waals surface area contributed by atoms with Gasteiger partial charge >= 0.3 is 59.5 Å². The van der Waals surface area contributed by atoms with Crippen LogP contribution in [0.5, 0.6) is 0 Å². The molecule has 0 nitrogen and oxygen atoms in total. The molecule has 0 aromatic heterocycles. The Morgan fingerprint density at radius 3 is 2.14 bits per heavy atom. The Balaban J connectivity index is 3.13. The molecule has 0 aliphatic rings. The first-order chi connectivity index (χ1) is 3.13. The molecule has 0 saturated carbocycles. The van der Waals surface area contributed by atoms with Crippen molar-refractivity contribution >= 4 is 36.2 Å². The van der Waals surface area contributed by atoms with Gasteiger partial charge in [0.05, 0.1) is 0 Å². The minimum atomic E-state index is -1.95. The van der Waals surface area contributed by atoms with E-state index >= 15 is 0 Å². The fourth-order valence-electron chi connectivity index (χ4n) is 0.263. The summed E-state index contributed by atoms with van der Waals surface area (Å²) in [4.78, 5) is 0. The Bertz CT molecular complexity index is 70.1. The van der Waals surface area contributed by atoms with E-state index in [-0.39, 0.29) is 0 Å². The van der Waals surface area contributed by atoms with E-state index in [1.165, 1.54) is 0 Å². The molecule has 3 heteroatoms. The van der Waals surface area contributed by atoms with Gasteiger partial charge in [0.1, 0.15) is 0 Å². The van der Waals surface area contributed by atoms with Gasteiger partial charge < -0.3 is 0 Å². The summed E-state index contributed by atoms with van der Waals surface area (Å²) in [6, 6.07) is 0. The number of hydrogen-bond acceptors (Lipinski definition) is 0. The van der Waals surface area contributed by atoms with Crippen LogP contribution in [0, 0.1) is 0 Å². The van der Waals surface area contributed by atoms with E-state index in [0.29, 0.717) is 0 Å². The summed E-state index contributed by atoms with van der Waals surface area (Å²) >= 11 is -1.95. The molecule has 0 radical (unpaired) electrons. The van der Waals surface area contributed by atoms with Crippen LogP contribution in [0.1, 0.15) is 6.92 Å². The number of halogens is 2. The third kappa shape index (κ3) is 7.19. The molecule has 0 fully saturated rings. The Labute approximate surface area is 59.2 Å². The monoisotopic (exact) mass is 240 g/mol. The van der Waals surface area contributed by atoms with Crippen LogP contribution in [0.15, 0.2) is 12.2 Å². The molecule has 0 aromatic rings. The van der Waals surface area contributed by atoms with E-state index in [0.717, 1.165) is 9.75 Å². The summed E-state index contributed by atoms with van der Waals surface area (Å²) in [5.74, 6) is 0. The van der Waals surface area contributed by atoms with Crippen LogP contribution in [0.25, 0.3) is 0 Å². The first-order valence-electron chi connectivity index (χ1n) is 2.05. The van der Waals surface area contributed by atoms with Gasteiger partial charge in [-0.15, -0.1) is 0 Å². The van der Waals surface area contributed by atoms with Gasteiger partial charge in [0.25, 0.3) is 0 Å². The Kier molecular flexibility index (Phi) is 4.81. The van der Waals surface area contributed by atoms with E-state index in [2.05, 4.69) is 6.58 Å². The second-order valence-electron chi connectivity index (χ2n) is 1.55. The van der Waals surface area contributed by atoms with Gasteiger partial charge in [-0.3, -0.25) is 0 Å². The average molecular weight is 241 g/mol. The molecule has 0 saturated heterocycles. The fourth-order valence-corrected chi connectivity index (χ4v) is 5.30. The molecule has 0 aliphatic carbocycles. The molecule has 0 aliphatic heterocycles. The zero-order chi connectivity index (χ0) is 5.86. The van der Waals surface area contributed by atoms with Crippen molar-refractivity contribution in [1.82, 2.24) is 0 Å². The Hall–Kier alpha value is 1.19. The molecule has 0 aromatic carbocycles. The molecule has 0 bridgehead atoms. The third-order valence-corrected chi connectivity index (χ3v) is 5.44. The van der Waals surface area contributed by atoms with Crippen LogP contribution in [0.3, 0.4) is 0 Å². The molecule has 0 heterocycles. The molecule has 0 rings (SSSR count). The van der Waals surface area contributed by atoms with Gasteiger partial charge in [0.15, 0.2) is 0 Å². The molecule has 0 N–H and O–H groups in total. The topological polar surface area (TPSA) is 0 Å². The first kappa shape index (κ1) is 8.19. The van der Waals surface area contributed by atoms with Crippen LogP contribution in [-0.4, -0.2) is 19.1 Å². The van der Waals surface area contributed by atoms with Crippen molar-refractivity contribution in [2.75, 3.05) is 0 Å². The fraction of sp³-hybridized carbons (Fsp3) is 0.500. The maximum absolute atomic E-state index is 5.59. The van der Waals surface area contributed by atoms with E-state index in [4.69, 9.17) is 17.2 Å². The van der Waals surface area contributed by atoms with E-state index < -0.39 is 19.1 Å². The Morgan fingerprint density at radius 1 is 1.71 bits per heavy atom. The summed E-state index contributed by atoms with van der Waals surface area (Å²) < 4.78 is 0.908. The maximum atomic E-state index is 5.59. The minimum absolute atomic E-state index is 0.908. The normalized spacial score (nSPS) is 8.43. The van der Waals surface area contributed by atoms with Crippen LogP contribution in [0.4, 0.5) is 0 Å². The SMILES string of the molecule is C=C(C)[CH2][In]([Cl])[Cl]. The van der Waals surface area contributed by atoms with Gasteiger partial charge in [0, 0.05) is 0 Å². The molecule has 0 unspecified atom stereocenters. The van der Waals surface area contributed by atoms with Gasteiger partial charge in [0.2, 0.25) is 0 Å². The van der Waals surface area contributed by atoms with Crippen LogP contribution in [-0.2, 0) is 0 Å². The summed E-state index contributed by atoms with van der Waals surface area (Å²) in [7, 11) is 11.2. The molecule has 0 amide bonds. The second-order valence-corrected chi connectivity index (χ2v) is 13.5. The number of hydrogen-bond donors (Lipinski definition) is 0. The zero-order valence-electron chi connectivity index (χ0n) is 4.25. The van der Waals surface area contributed by atoms with Crippen molar-refractivity contribution in [2.45, 2.75) is 11.1 Å². The molecule has 0 spiro atoms. The number of allylic oxidation sites excluding steroid dienone is 1. The first-order valence-corrected chi connectivity index (χ1v) is 12.7. The third-order valence-electron chi connectivity index (χ3n) is 0.503. The average Bonchev–Trinajstić information content (AvgIpc) is 1.27. The van der Waals surface area contributed by atoms with E-state index in [9.17, 15) is 0 Å². The van der Waals surface area contributed by atoms with Crippen molar-refractivity contribution < 1.29 is 0 Å². The molecular weight excluding hydrogens is 234 g/mol.